The Labute approximate surface area is 131 Å². The Bertz CT molecular complexity index is 624. The molecule has 2 aromatic rings. The maximum atomic E-state index is 3.92. The van der Waals surface area contributed by atoms with Crippen LogP contribution >= 0.6 is 11.3 Å². The van der Waals surface area contributed by atoms with Gasteiger partial charge in [0, 0.05) is 17.0 Å². The molecule has 2 aliphatic rings. The minimum Gasteiger partial charge on any atom is -0.307 e. The minimum atomic E-state index is 0.614. The van der Waals surface area contributed by atoms with E-state index in [1.807, 2.05) is 11.3 Å². The highest BCUT2D eigenvalue weighted by Gasteiger charge is 2.33. The molecule has 1 aromatic carbocycles. The van der Waals surface area contributed by atoms with Gasteiger partial charge in [-0.1, -0.05) is 29.8 Å². The molecule has 21 heavy (non-hydrogen) atoms. The van der Waals surface area contributed by atoms with Crippen molar-refractivity contribution in [2.75, 3.05) is 0 Å². The summed E-state index contributed by atoms with van der Waals surface area (Å²) >= 11 is 1.94. The standard InChI is InChI=1S/C19H23NS/c1-13-4-2-5-14(10-13)15-11-16(12-15)20-18-6-3-7-19-17(18)8-9-21-19/h2,4-5,8-10,15-16,18,20H,3,6-7,11-12H2,1H3. The smallest absolute Gasteiger partial charge is 0.0333 e. The van der Waals surface area contributed by atoms with Crippen LogP contribution in [0.25, 0.3) is 0 Å². The molecule has 1 nitrogen and oxygen atoms in total. The van der Waals surface area contributed by atoms with Crippen LogP contribution in [0.15, 0.2) is 35.7 Å². The summed E-state index contributed by atoms with van der Waals surface area (Å²) in [5, 5.41) is 6.18. The van der Waals surface area contributed by atoms with Gasteiger partial charge in [0.2, 0.25) is 0 Å². The molecule has 1 aromatic heterocycles. The van der Waals surface area contributed by atoms with Crippen molar-refractivity contribution in [1.29, 1.82) is 0 Å². The molecule has 4 rings (SSSR count). The summed E-state index contributed by atoms with van der Waals surface area (Å²) in [6.45, 7) is 2.19. The van der Waals surface area contributed by atoms with E-state index in [9.17, 15) is 0 Å². The molecule has 0 spiro atoms. The van der Waals surface area contributed by atoms with Crippen LogP contribution in [0.4, 0.5) is 0 Å². The second-order valence-electron chi connectivity index (χ2n) is 6.69. The molecule has 2 aliphatic carbocycles. The maximum Gasteiger partial charge on any atom is 0.0333 e. The van der Waals surface area contributed by atoms with Crippen LogP contribution < -0.4 is 5.32 Å². The first kappa shape index (κ1) is 13.5. The van der Waals surface area contributed by atoms with Crippen molar-refractivity contribution in [2.45, 2.75) is 57.0 Å². The predicted octanol–water partition coefficient (Wildman–Crippen LogP) is 4.97. The lowest BCUT2D eigenvalue weighted by molar-refractivity contribution is 0.255. The maximum absolute atomic E-state index is 3.92. The van der Waals surface area contributed by atoms with Gasteiger partial charge in [0.25, 0.3) is 0 Å². The number of fused-ring (bicyclic) bond motifs is 1. The molecule has 1 atom stereocenters. The van der Waals surface area contributed by atoms with Crippen LogP contribution in [-0.4, -0.2) is 6.04 Å². The lowest BCUT2D eigenvalue weighted by Gasteiger charge is -2.40. The number of nitrogens with one attached hydrogen (secondary N) is 1. The highest BCUT2D eigenvalue weighted by atomic mass is 32.1. The average molecular weight is 297 g/mol. The molecule has 110 valence electrons. The largest absolute Gasteiger partial charge is 0.307 e. The van der Waals surface area contributed by atoms with Gasteiger partial charge in [-0.05, 0) is 67.5 Å². The molecule has 0 saturated heterocycles. The highest BCUT2D eigenvalue weighted by molar-refractivity contribution is 7.10. The summed E-state index contributed by atoms with van der Waals surface area (Å²) in [7, 11) is 0. The van der Waals surface area contributed by atoms with E-state index in [0.717, 1.165) is 5.92 Å². The lowest BCUT2D eigenvalue weighted by atomic mass is 9.75. The lowest BCUT2D eigenvalue weighted by Crippen LogP contribution is -2.42. The van der Waals surface area contributed by atoms with E-state index in [1.165, 1.54) is 43.2 Å². The van der Waals surface area contributed by atoms with E-state index in [2.05, 4.69) is 48.0 Å². The molecule has 1 N–H and O–H groups in total. The second-order valence-corrected chi connectivity index (χ2v) is 7.69. The Morgan fingerprint density at radius 1 is 1.19 bits per heavy atom. The first-order chi connectivity index (χ1) is 10.3. The van der Waals surface area contributed by atoms with Crippen LogP contribution in [0.1, 0.15) is 59.2 Å². The summed E-state index contributed by atoms with van der Waals surface area (Å²) in [5.74, 6) is 0.771. The molecule has 0 radical (unpaired) electrons. The zero-order valence-electron chi connectivity index (χ0n) is 12.6. The van der Waals surface area contributed by atoms with E-state index < -0.39 is 0 Å². The van der Waals surface area contributed by atoms with Crippen molar-refractivity contribution in [3.63, 3.8) is 0 Å². The van der Waals surface area contributed by atoms with Crippen LogP contribution in [0, 0.1) is 6.92 Å². The average Bonchev–Trinajstić information content (AvgIpc) is 2.91. The quantitative estimate of drug-likeness (QED) is 0.843. The molecule has 0 aliphatic heterocycles. The number of rotatable bonds is 3. The summed E-state index contributed by atoms with van der Waals surface area (Å²) in [4.78, 5) is 1.62. The Balaban J connectivity index is 1.37. The second kappa shape index (κ2) is 5.58. The molecule has 0 bridgehead atoms. The number of thiophene rings is 1. The molecule has 2 heteroatoms. The fraction of sp³-hybridized carbons (Fsp3) is 0.474. The summed E-state index contributed by atoms with van der Waals surface area (Å²) in [6.07, 6.45) is 6.56. The van der Waals surface area contributed by atoms with Gasteiger partial charge in [-0.15, -0.1) is 11.3 Å². The monoisotopic (exact) mass is 297 g/mol. The van der Waals surface area contributed by atoms with Gasteiger partial charge in [0.15, 0.2) is 0 Å². The third-order valence-electron chi connectivity index (χ3n) is 5.14. The van der Waals surface area contributed by atoms with E-state index in [1.54, 1.807) is 10.4 Å². The third-order valence-corrected chi connectivity index (χ3v) is 6.14. The highest BCUT2D eigenvalue weighted by Crippen LogP contribution is 2.40. The van der Waals surface area contributed by atoms with Crippen LogP contribution in [0.5, 0.6) is 0 Å². The summed E-state index contributed by atoms with van der Waals surface area (Å²) in [6, 6.07) is 12.7. The number of benzene rings is 1. The zero-order chi connectivity index (χ0) is 14.2. The summed E-state index contributed by atoms with van der Waals surface area (Å²) < 4.78 is 0. The van der Waals surface area contributed by atoms with Crippen molar-refractivity contribution in [3.05, 3.63) is 57.3 Å². The number of hydrogen-bond acceptors (Lipinski definition) is 2. The van der Waals surface area contributed by atoms with Gasteiger partial charge >= 0.3 is 0 Å². The molecular weight excluding hydrogens is 274 g/mol. The molecule has 1 unspecified atom stereocenters. The molecule has 1 heterocycles. The summed E-state index contributed by atoms with van der Waals surface area (Å²) in [5.41, 5.74) is 4.51. The van der Waals surface area contributed by atoms with Gasteiger partial charge in [-0.3, -0.25) is 0 Å². The van der Waals surface area contributed by atoms with Gasteiger partial charge in [0.1, 0.15) is 0 Å². The first-order valence-corrected chi connectivity index (χ1v) is 9.06. The van der Waals surface area contributed by atoms with Crippen LogP contribution in [0.3, 0.4) is 0 Å². The molecule has 1 saturated carbocycles. The van der Waals surface area contributed by atoms with Gasteiger partial charge in [-0.2, -0.15) is 0 Å². The van der Waals surface area contributed by atoms with Gasteiger partial charge < -0.3 is 5.32 Å². The Morgan fingerprint density at radius 3 is 2.95 bits per heavy atom. The van der Waals surface area contributed by atoms with E-state index >= 15 is 0 Å². The SMILES string of the molecule is Cc1cccc(C2CC(NC3CCCc4sccc43)C2)c1. The van der Waals surface area contributed by atoms with Crippen molar-refractivity contribution in [1.82, 2.24) is 5.32 Å². The number of aryl methyl sites for hydroxylation is 2. The van der Waals surface area contributed by atoms with Gasteiger partial charge in [0.05, 0.1) is 0 Å². The minimum absolute atomic E-state index is 0.614. The third kappa shape index (κ3) is 2.67. The van der Waals surface area contributed by atoms with Gasteiger partial charge in [-0.25, -0.2) is 0 Å². The Kier molecular flexibility index (Phi) is 3.60. The van der Waals surface area contributed by atoms with E-state index in [-0.39, 0.29) is 0 Å². The van der Waals surface area contributed by atoms with Crippen LogP contribution in [0.2, 0.25) is 0 Å². The predicted molar refractivity (Wildman–Crippen MR) is 90.1 cm³/mol. The fourth-order valence-corrected chi connectivity index (χ4v) is 4.88. The number of hydrogen-bond donors (Lipinski definition) is 1. The molecular formula is C19H23NS. The van der Waals surface area contributed by atoms with Crippen molar-refractivity contribution >= 4 is 11.3 Å². The van der Waals surface area contributed by atoms with Crippen molar-refractivity contribution < 1.29 is 0 Å². The van der Waals surface area contributed by atoms with Crippen molar-refractivity contribution in [2.24, 2.45) is 0 Å². The Morgan fingerprint density at radius 2 is 2.10 bits per heavy atom. The molecule has 1 fully saturated rings. The van der Waals surface area contributed by atoms with E-state index in [4.69, 9.17) is 0 Å². The van der Waals surface area contributed by atoms with E-state index in [0.29, 0.717) is 12.1 Å². The Hall–Kier alpha value is -1.12. The zero-order valence-corrected chi connectivity index (χ0v) is 13.5. The molecule has 0 amide bonds. The fourth-order valence-electron chi connectivity index (χ4n) is 3.89. The normalized spacial score (nSPS) is 28.0. The van der Waals surface area contributed by atoms with Crippen molar-refractivity contribution in [3.8, 4) is 0 Å². The first-order valence-electron chi connectivity index (χ1n) is 8.18. The van der Waals surface area contributed by atoms with Crippen LogP contribution in [-0.2, 0) is 6.42 Å². The topological polar surface area (TPSA) is 12.0 Å².